The lowest BCUT2D eigenvalue weighted by atomic mass is 9.92. The molecule has 2 aliphatic rings. The third-order valence-electron chi connectivity index (χ3n) is 5.55. The van der Waals surface area contributed by atoms with Crippen LogP contribution in [-0.4, -0.2) is 42.7 Å². The first kappa shape index (κ1) is 20.8. The van der Waals surface area contributed by atoms with E-state index in [9.17, 15) is 10.1 Å². The number of aromatic nitrogens is 1. The van der Waals surface area contributed by atoms with Crippen molar-refractivity contribution in [2.45, 2.75) is 38.5 Å². The molecule has 0 spiro atoms. The van der Waals surface area contributed by atoms with Crippen LogP contribution in [0.25, 0.3) is 11.1 Å². The largest absolute Gasteiger partial charge is 0.488 e. The van der Waals surface area contributed by atoms with E-state index in [0.717, 1.165) is 40.8 Å². The topological polar surface area (TPSA) is 120 Å². The average molecular weight is 417 g/mol. The number of benzene rings is 1. The van der Waals surface area contributed by atoms with Crippen LogP contribution in [-0.2, 0) is 22.6 Å². The van der Waals surface area contributed by atoms with Crippen molar-refractivity contribution in [1.29, 1.82) is 10.5 Å². The summed E-state index contributed by atoms with van der Waals surface area (Å²) in [5.74, 6) is 0.431. The van der Waals surface area contributed by atoms with Crippen molar-refractivity contribution in [3.05, 3.63) is 46.8 Å². The third kappa shape index (κ3) is 4.51. The summed E-state index contributed by atoms with van der Waals surface area (Å²) < 4.78 is 11.5. The maximum atomic E-state index is 12.5. The van der Waals surface area contributed by atoms with Crippen LogP contribution >= 0.6 is 0 Å². The molecular weight excluding hydrogens is 394 g/mol. The maximum Gasteiger partial charge on any atom is 0.251 e. The van der Waals surface area contributed by atoms with Gasteiger partial charge in [0.05, 0.1) is 6.07 Å². The number of hydrogen-bond donors (Lipinski definition) is 2. The molecule has 31 heavy (non-hydrogen) atoms. The molecule has 2 N–H and O–H groups in total. The summed E-state index contributed by atoms with van der Waals surface area (Å²) in [5, 5.41) is 24.6. The molecule has 1 aromatic heterocycles. The zero-order chi connectivity index (χ0) is 21.8. The van der Waals surface area contributed by atoms with Gasteiger partial charge in [-0.15, -0.1) is 0 Å². The first-order valence-electron chi connectivity index (χ1n) is 10.3. The quantitative estimate of drug-likeness (QED) is 0.777. The monoisotopic (exact) mass is 417 g/mol. The Morgan fingerprint density at radius 1 is 1.35 bits per heavy atom. The number of nitrogens with zero attached hydrogens (tertiary/aromatic N) is 3. The zero-order valence-corrected chi connectivity index (χ0v) is 17.3. The Balaban J connectivity index is 1.52. The molecule has 8 nitrogen and oxygen atoms in total. The number of amides is 1. The third-order valence-corrected chi connectivity index (χ3v) is 5.55. The molecule has 1 saturated heterocycles. The van der Waals surface area contributed by atoms with E-state index in [-0.39, 0.29) is 5.91 Å². The molecule has 4 rings (SSSR count). The van der Waals surface area contributed by atoms with E-state index in [0.29, 0.717) is 37.6 Å². The molecule has 1 unspecified atom stereocenters. The highest BCUT2D eigenvalue weighted by molar-refractivity contribution is 5.82. The Labute approximate surface area is 180 Å². The smallest absolute Gasteiger partial charge is 0.251 e. The minimum atomic E-state index is -0.674. The molecule has 1 fully saturated rings. The minimum Gasteiger partial charge on any atom is -0.488 e. The van der Waals surface area contributed by atoms with Crippen molar-refractivity contribution < 1.29 is 14.3 Å². The fourth-order valence-electron chi connectivity index (χ4n) is 3.85. The van der Waals surface area contributed by atoms with Gasteiger partial charge in [-0.1, -0.05) is 0 Å². The van der Waals surface area contributed by atoms with Gasteiger partial charge in [0.25, 0.3) is 5.91 Å². The molecule has 3 heterocycles. The van der Waals surface area contributed by atoms with E-state index in [1.54, 1.807) is 12.3 Å². The number of nitrogens with one attached hydrogen (secondary N) is 2. The molecular formula is C23H23N5O3. The Morgan fingerprint density at radius 3 is 3.03 bits per heavy atom. The highest BCUT2D eigenvalue weighted by atomic mass is 16.5. The lowest BCUT2D eigenvalue weighted by Crippen LogP contribution is -2.46. The predicted octanol–water partition coefficient (Wildman–Crippen LogP) is 1.75. The van der Waals surface area contributed by atoms with Crippen molar-refractivity contribution in [3.8, 4) is 29.0 Å². The number of rotatable bonds is 4. The fourth-order valence-corrected chi connectivity index (χ4v) is 3.85. The summed E-state index contributed by atoms with van der Waals surface area (Å²) in [6, 6.07) is 9.23. The SMILES string of the molecule is Cc1cc2c(cc1CC(C#N)NC(=O)[C@@H]1CNCCCO1)OCc1cc(C#N)ncc1-2. The average Bonchev–Trinajstić information content (AvgIpc) is 3.08. The second-order valence-corrected chi connectivity index (χ2v) is 7.71. The Morgan fingerprint density at radius 2 is 2.23 bits per heavy atom. The summed E-state index contributed by atoms with van der Waals surface area (Å²) in [6.07, 6.45) is 2.33. The van der Waals surface area contributed by atoms with Gasteiger partial charge in [0, 0.05) is 42.5 Å². The van der Waals surface area contributed by atoms with Gasteiger partial charge in [0.15, 0.2) is 0 Å². The number of fused-ring (bicyclic) bond motifs is 3. The molecule has 0 saturated carbocycles. The summed E-state index contributed by atoms with van der Waals surface area (Å²) in [6.45, 7) is 4.10. The number of hydrogen-bond acceptors (Lipinski definition) is 7. The summed E-state index contributed by atoms with van der Waals surface area (Å²) >= 11 is 0. The first-order valence-corrected chi connectivity index (χ1v) is 10.3. The van der Waals surface area contributed by atoms with Gasteiger partial charge >= 0.3 is 0 Å². The highest BCUT2D eigenvalue weighted by Crippen LogP contribution is 2.39. The van der Waals surface area contributed by atoms with Gasteiger partial charge in [-0.25, -0.2) is 4.98 Å². The second kappa shape index (κ2) is 9.13. The number of nitriles is 2. The summed E-state index contributed by atoms with van der Waals surface area (Å²) in [7, 11) is 0. The molecule has 8 heteroatoms. The molecule has 0 bridgehead atoms. The molecule has 2 atom stereocenters. The van der Waals surface area contributed by atoms with E-state index in [4.69, 9.17) is 14.7 Å². The Bertz CT molecular complexity index is 1080. The molecule has 2 aromatic rings. The van der Waals surface area contributed by atoms with Crippen molar-refractivity contribution >= 4 is 5.91 Å². The van der Waals surface area contributed by atoms with Crippen LogP contribution in [0, 0.1) is 29.6 Å². The van der Waals surface area contributed by atoms with E-state index in [1.165, 1.54) is 0 Å². The molecule has 2 aliphatic heterocycles. The summed E-state index contributed by atoms with van der Waals surface area (Å²) in [5.41, 5.74) is 5.05. The van der Waals surface area contributed by atoms with Gasteiger partial charge in [-0.3, -0.25) is 4.79 Å². The summed E-state index contributed by atoms with van der Waals surface area (Å²) in [4.78, 5) is 16.7. The van der Waals surface area contributed by atoms with Crippen LogP contribution in [0.4, 0.5) is 0 Å². The van der Waals surface area contributed by atoms with Crippen LogP contribution < -0.4 is 15.4 Å². The van der Waals surface area contributed by atoms with Gasteiger partial charge in [-0.05, 0) is 49.2 Å². The van der Waals surface area contributed by atoms with Gasteiger partial charge in [0.2, 0.25) is 0 Å². The number of carbonyl (C=O) groups excluding carboxylic acids is 1. The van der Waals surface area contributed by atoms with Crippen molar-refractivity contribution in [2.24, 2.45) is 0 Å². The van der Waals surface area contributed by atoms with Crippen LogP contribution in [0.5, 0.6) is 5.75 Å². The van der Waals surface area contributed by atoms with Gasteiger partial charge < -0.3 is 20.1 Å². The van der Waals surface area contributed by atoms with Gasteiger partial charge in [-0.2, -0.15) is 10.5 Å². The van der Waals surface area contributed by atoms with Crippen LogP contribution in [0.3, 0.4) is 0 Å². The lowest BCUT2D eigenvalue weighted by Gasteiger charge is -2.23. The predicted molar refractivity (Wildman–Crippen MR) is 112 cm³/mol. The lowest BCUT2D eigenvalue weighted by molar-refractivity contribution is -0.132. The number of ether oxygens (including phenoxy) is 2. The van der Waals surface area contributed by atoms with Crippen LogP contribution in [0.2, 0.25) is 0 Å². The Kier molecular flexibility index (Phi) is 6.13. The zero-order valence-electron chi connectivity index (χ0n) is 17.3. The second-order valence-electron chi connectivity index (χ2n) is 7.71. The van der Waals surface area contributed by atoms with Gasteiger partial charge in [0.1, 0.15) is 36.3 Å². The number of aryl methyl sites for hydroxylation is 1. The fraction of sp³-hybridized carbons (Fsp3) is 0.391. The van der Waals surface area contributed by atoms with Crippen LogP contribution in [0.15, 0.2) is 24.4 Å². The maximum absolute atomic E-state index is 12.5. The standard InChI is InChI=1S/C23H23N5O3/c1-14-5-19-20-11-27-17(9-24)7-16(20)13-31-21(19)8-15(14)6-18(10-25)28-23(29)22-12-26-3-2-4-30-22/h5,7-8,11,18,22,26H,2-4,6,12-13H2,1H3,(H,28,29)/t18?,22-/m0/s1. The van der Waals surface area contributed by atoms with E-state index >= 15 is 0 Å². The van der Waals surface area contributed by atoms with Crippen molar-refractivity contribution in [3.63, 3.8) is 0 Å². The first-order chi connectivity index (χ1) is 15.1. The normalized spacial score (nSPS) is 18.2. The van der Waals surface area contributed by atoms with E-state index < -0.39 is 12.1 Å². The van der Waals surface area contributed by atoms with E-state index in [2.05, 4.69) is 21.7 Å². The highest BCUT2D eigenvalue weighted by Gasteiger charge is 2.25. The van der Waals surface area contributed by atoms with E-state index in [1.807, 2.05) is 25.1 Å². The van der Waals surface area contributed by atoms with Crippen LogP contribution in [0.1, 0.15) is 28.8 Å². The van der Waals surface area contributed by atoms with Crippen molar-refractivity contribution in [2.75, 3.05) is 19.7 Å². The molecule has 1 aromatic carbocycles. The number of pyridine rings is 1. The minimum absolute atomic E-state index is 0.277. The molecule has 1 amide bonds. The van der Waals surface area contributed by atoms with Crippen molar-refractivity contribution in [1.82, 2.24) is 15.6 Å². The molecule has 0 aliphatic carbocycles. The number of carbonyl (C=O) groups is 1. The molecule has 158 valence electrons. The molecule has 0 radical (unpaired) electrons. The Hall–Kier alpha value is -3.46.